The highest BCUT2D eigenvalue weighted by Crippen LogP contribution is 2.30. The Morgan fingerprint density at radius 2 is 1.95 bits per heavy atom. The highest BCUT2D eigenvalue weighted by molar-refractivity contribution is 6.16. The van der Waals surface area contributed by atoms with Crippen LogP contribution in [0.5, 0.6) is 5.75 Å². The fourth-order valence-corrected chi connectivity index (χ4v) is 3.19. The lowest BCUT2D eigenvalue weighted by molar-refractivity contribution is 0.210. The minimum atomic E-state index is 0.141. The minimum absolute atomic E-state index is 0.141. The summed E-state index contributed by atoms with van der Waals surface area (Å²) < 4.78 is 8.22. The number of rotatable bonds is 3. The number of hydrogen-bond acceptors (Lipinski definition) is 2. The van der Waals surface area contributed by atoms with Crippen LogP contribution in [0.1, 0.15) is 11.4 Å². The second-order valence-electron chi connectivity index (χ2n) is 5.31. The molecule has 1 unspecified atom stereocenters. The van der Waals surface area contributed by atoms with Crippen LogP contribution >= 0.6 is 11.6 Å². The summed E-state index contributed by atoms with van der Waals surface area (Å²) in [5.74, 6) is 2.31. The molecule has 0 aliphatic carbocycles. The number of para-hydroxylation sites is 3. The summed E-state index contributed by atoms with van der Waals surface area (Å²) in [7, 11) is 0. The van der Waals surface area contributed by atoms with Crippen LogP contribution in [0.4, 0.5) is 0 Å². The number of benzene rings is 2. The van der Waals surface area contributed by atoms with Crippen molar-refractivity contribution >= 4 is 22.6 Å². The number of ether oxygens (including phenoxy) is 1. The van der Waals surface area contributed by atoms with Gasteiger partial charge in [0.1, 0.15) is 17.7 Å². The van der Waals surface area contributed by atoms with Gasteiger partial charge in [0.05, 0.1) is 23.5 Å². The van der Waals surface area contributed by atoms with E-state index in [2.05, 4.69) is 27.8 Å². The average molecular weight is 299 g/mol. The van der Waals surface area contributed by atoms with Crippen LogP contribution in [0.2, 0.25) is 0 Å². The van der Waals surface area contributed by atoms with Crippen molar-refractivity contribution in [1.29, 1.82) is 0 Å². The zero-order chi connectivity index (χ0) is 14.2. The molecule has 0 amide bonds. The summed E-state index contributed by atoms with van der Waals surface area (Å²) in [5.41, 5.74) is 3.38. The molecule has 1 aromatic heterocycles. The van der Waals surface area contributed by atoms with Crippen LogP contribution in [0.15, 0.2) is 48.5 Å². The van der Waals surface area contributed by atoms with Crippen molar-refractivity contribution in [2.45, 2.75) is 24.9 Å². The van der Waals surface area contributed by atoms with Gasteiger partial charge in [-0.2, -0.15) is 0 Å². The highest BCUT2D eigenvalue weighted by Gasteiger charge is 2.24. The van der Waals surface area contributed by atoms with Crippen molar-refractivity contribution in [2.24, 2.45) is 0 Å². The topological polar surface area (TPSA) is 27.1 Å². The average Bonchev–Trinajstić information content (AvgIpc) is 3.08. The monoisotopic (exact) mass is 298 g/mol. The zero-order valence-electron chi connectivity index (χ0n) is 11.5. The van der Waals surface area contributed by atoms with E-state index >= 15 is 0 Å². The lowest BCUT2D eigenvalue weighted by atomic mass is 10.1. The quantitative estimate of drug-likeness (QED) is 0.688. The van der Waals surface area contributed by atoms with Gasteiger partial charge in [0.15, 0.2) is 0 Å². The number of nitrogens with zero attached hydrogens (tertiary/aromatic N) is 2. The third kappa shape index (κ3) is 2.18. The molecule has 3 nitrogen and oxygen atoms in total. The van der Waals surface area contributed by atoms with Crippen molar-refractivity contribution in [3.63, 3.8) is 0 Å². The summed E-state index contributed by atoms with van der Waals surface area (Å²) >= 11 is 6.05. The van der Waals surface area contributed by atoms with Crippen molar-refractivity contribution in [1.82, 2.24) is 9.55 Å². The Morgan fingerprint density at radius 1 is 1.14 bits per heavy atom. The maximum atomic E-state index is 6.05. The molecular formula is C17H15ClN2O. The summed E-state index contributed by atoms with van der Waals surface area (Å²) in [6.45, 7) is 0.775. The number of hydrogen-bond donors (Lipinski definition) is 0. The van der Waals surface area contributed by atoms with Gasteiger partial charge in [-0.25, -0.2) is 4.98 Å². The molecule has 3 aromatic rings. The molecule has 1 aliphatic heterocycles. The van der Waals surface area contributed by atoms with E-state index in [1.807, 2.05) is 30.3 Å². The van der Waals surface area contributed by atoms with E-state index in [-0.39, 0.29) is 6.10 Å². The Bertz CT molecular complexity index is 771. The van der Waals surface area contributed by atoms with E-state index in [0.717, 1.165) is 35.6 Å². The van der Waals surface area contributed by atoms with Crippen LogP contribution in [-0.4, -0.2) is 15.7 Å². The van der Waals surface area contributed by atoms with Gasteiger partial charge in [-0.1, -0.05) is 30.3 Å². The van der Waals surface area contributed by atoms with E-state index in [0.29, 0.717) is 5.88 Å². The van der Waals surface area contributed by atoms with Crippen LogP contribution in [0.25, 0.3) is 11.0 Å². The van der Waals surface area contributed by atoms with E-state index < -0.39 is 0 Å². The lowest BCUT2D eigenvalue weighted by Crippen LogP contribution is -2.21. The Kier molecular flexibility index (Phi) is 3.08. The first kappa shape index (κ1) is 12.7. The molecule has 0 saturated carbocycles. The summed E-state index contributed by atoms with van der Waals surface area (Å²) in [4.78, 5) is 4.60. The number of aromatic nitrogens is 2. The summed E-state index contributed by atoms with van der Waals surface area (Å²) in [6.07, 6.45) is 1.08. The number of halogens is 1. The predicted molar refractivity (Wildman–Crippen MR) is 83.9 cm³/mol. The maximum absolute atomic E-state index is 6.05. The van der Waals surface area contributed by atoms with Gasteiger partial charge in [-0.15, -0.1) is 11.6 Å². The molecular weight excluding hydrogens is 284 g/mol. The molecule has 106 valence electrons. The van der Waals surface area contributed by atoms with Crippen LogP contribution < -0.4 is 4.74 Å². The first-order valence-corrected chi connectivity index (χ1v) is 7.63. The van der Waals surface area contributed by atoms with E-state index in [9.17, 15) is 0 Å². The van der Waals surface area contributed by atoms with Crippen molar-refractivity contribution in [3.05, 3.63) is 59.9 Å². The molecule has 0 fully saturated rings. The van der Waals surface area contributed by atoms with Gasteiger partial charge < -0.3 is 9.30 Å². The van der Waals surface area contributed by atoms with Gasteiger partial charge in [-0.3, -0.25) is 0 Å². The molecule has 0 spiro atoms. The molecule has 0 saturated heterocycles. The van der Waals surface area contributed by atoms with Gasteiger partial charge >= 0.3 is 0 Å². The number of fused-ring (bicyclic) bond motifs is 2. The fourth-order valence-electron chi connectivity index (χ4n) is 2.99. The molecule has 1 aliphatic rings. The second kappa shape index (κ2) is 5.08. The van der Waals surface area contributed by atoms with E-state index in [4.69, 9.17) is 16.3 Å². The molecule has 4 heteroatoms. The van der Waals surface area contributed by atoms with Gasteiger partial charge in [-0.05, 0) is 23.8 Å². The molecule has 2 heterocycles. The SMILES string of the molecule is ClCc1nc2ccccc2n1CC1Cc2ccccc2O1. The molecule has 0 N–H and O–H groups in total. The van der Waals surface area contributed by atoms with Gasteiger partial charge in [0.2, 0.25) is 0 Å². The van der Waals surface area contributed by atoms with Crippen LogP contribution in [0, 0.1) is 0 Å². The molecule has 21 heavy (non-hydrogen) atoms. The van der Waals surface area contributed by atoms with Gasteiger partial charge in [0, 0.05) is 6.42 Å². The minimum Gasteiger partial charge on any atom is -0.488 e. The number of imidazole rings is 1. The lowest BCUT2D eigenvalue weighted by Gasteiger charge is -2.14. The van der Waals surface area contributed by atoms with Crippen molar-refractivity contribution in [2.75, 3.05) is 0 Å². The standard InChI is InChI=1S/C17H15ClN2O/c18-10-17-19-14-6-2-3-7-15(14)20(17)11-13-9-12-5-1-4-8-16(12)21-13/h1-8,13H,9-11H2. The third-order valence-electron chi connectivity index (χ3n) is 3.95. The Labute approximate surface area is 128 Å². The van der Waals surface area contributed by atoms with E-state index in [1.54, 1.807) is 0 Å². The van der Waals surface area contributed by atoms with Crippen LogP contribution in [0.3, 0.4) is 0 Å². The summed E-state index contributed by atoms with van der Waals surface area (Å²) in [5, 5.41) is 0. The molecule has 0 radical (unpaired) electrons. The predicted octanol–water partition coefficient (Wildman–Crippen LogP) is 3.78. The van der Waals surface area contributed by atoms with E-state index in [1.165, 1.54) is 5.56 Å². The maximum Gasteiger partial charge on any atom is 0.124 e. The first-order valence-electron chi connectivity index (χ1n) is 7.10. The largest absolute Gasteiger partial charge is 0.488 e. The van der Waals surface area contributed by atoms with Crippen LogP contribution in [-0.2, 0) is 18.8 Å². The third-order valence-corrected chi connectivity index (χ3v) is 4.19. The smallest absolute Gasteiger partial charge is 0.124 e. The Hall–Kier alpha value is -2.00. The molecule has 4 rings (SSSR count). The highest BCUT2D eigenvalue weighted by atomic mass is 35.5. The molecule has 1 atom stereocenters. The Balaban J connectivity index is 1.66. The molecule has 0 bridgehead atoms. The zero-order valence-corrected chi connectivity index (χ0v) is 12.3. The first-order chi connectivity index (χ1) is 10.3. The van der Waals surface area contributed by atoms with Crippen molar-refractivity contribution < 1.29 is 4.74 Å². The normalized spacial score (nSPS) is 16.9. The number of alkyl halides is 1. The summed E-state index contributed by atoms with van der Waals surface area (Å²) in [6, 6.07) is 16.4. The van der Waals surface area contributed by atoms with Crippen molar-refractivity contribution in [3.8, 4) is 5.75 Å². The van der Waals surface area contributed by atoms with Gasteiger partial charge in [0.25, 0.3) is 0 Å². The second-order valence-corrected chi connectivity index (χ2v) is 5.58. The Morgan fingerprint density at radius 3 is 2.81 bits per heavy atom. The molecule has 2 aromatic carbocycles. The fraction of sp³-hybridized carbons (Fsp3) is 0.235.